The molecule has 1 amide bonds. The summed E-state index contributed by atoms with van der Waals surface area (Å²) in [4.78, 5) is 12.2. The van der Waals surface area contributed by atoms with Crippen LogP contribution in [0.2, 0.25) is 0 Å². The Morgan fingerprint density at radius 3 is 2.59 bits per heavy atom. The summed E-state index contributed by atoms with van der Waals surface area (Å²) in [7, 11) is 1.48. The van der Waals surface area contributed by atoms with Crippen LogP contribution < -0.4 is 14.8 Å². The number of amides is 1. The smallest absolute Gasteiger partial charge is 0.261 e. The summed E-state index contributed by atoms with van der Waals surface area (Å²) >= 11 is 0. The van der Waals surface area contributed by atoms with E-state index in [0.29, 0.717) is 30.0 Å². The van der Waals surface area contributed by atoms with Crippen LogP contribution in [-0.4, -0.2) is 26.2 Å². The van der Waals surface area contributed by atoms with E-state index in [1.807, 2.05) is 42.5 Å². The quantitative estimate of drug-likeness (QED) is 0.576. The van der Waals surface area contributed by atoms with Gasteiger partial charge in [-0.2, -0.15) is 10.5 Å². The zero-order valence-electron chi connectivity index (χ0n) is 14.9. The van der Waals surface area contributed by atoms with Crippen LogP contribution in [-0.2, 0) is 11.2 Å². The first-order valence-corrected chi connectivity index (χ1v) is 8.29. The molecule has 0 aromatic heterocycles. The molecule has 27 heavy (non-hydrogen) atoms. The molecule has 0 atom stereocenters. The van der Waals surface area contributed by atoms with E-state index in [2.05, 4.69) is 5.32 Å². The van der Waals surface area contributed by atoms with Crippen LogP contribution in [0.5, 0.6) is 11.5 Å². The minimum absolute atomic E-state index is 0.00388. The second-order valence-corrected chi connectivity index (χ2v) is 5.52. The Kier molecular flexibility index (Phi) is 7.44. The highest BCUT2D eigenvalue weighted by atomic mass is 16.5. The second-order valence-electron chi connectivity index (χ2n) is 5.52. The number of carbonyl (C=O) groups is 1. The van der Waals surface area contributed by atoms with E-state index in [9.17, 15) is 10.1 Å². The van der Waals surface area contributed by atoms with Crippen LogP contribution in [0.15, 0.2) is 54.1 Å². The highest BCUT2D eigenvalue weighted by molar-refractivity contribution is 6.01. The third-order valence-corrected chi connectivity index (χ3v) is 3.70. The van der Waals surface area contributed by atoms with Crippen LogP contribution in [0.1, 0.15) is 11.1 Å². The maximum absolute atomic E-state index is 12.2. The first-order valence-electron chi connectivity index (χ1n) is 8.29. The van der Waals surface area contributed by atoms with Gasteiger partial charge in [-0.05, 0) is 35.8 Å². The molecule has 2 aromatic rings. The number of nitriles is 2. The van der Waals surface area contributed by atoms with Gasteiger partial charge in [0.25, 0.3) is 5.91 Å². The van der Waals surface area contributed by atoms with E-state index < -0.39 is 5.91 Å². The minimum Gasteiger partial charge on any atom is -0.493 e. The van der Waals surface area contributed by atoms with Crippen molar-refractivity contribution in [1.29, 1.82) is 10.5 Å². The number of methoxy groups -OCH3 is 1. The van der Waals surface area contributed by atoms with E-state index in [-0.39, 0.29) is 12.2 Å². The standard InChI is InChI=1S/C21H19N3O3/c1-26-20-14-17(7-8-19(20)27-12-10-22)13-18(15-23)21(25)24-11-9-16-5-3-2-4-6-16/h2-8,13-14H,9,11-12H2,1H3,(H,24,25)/b18-13+. The van der Waals surface area contributed by atoms with E-state index in [1.54, 1.807) is 18.2 Å². The molecular formula is C21H19N3O3. The van der Waals surface area contributed by atoms with Crippen LogP contribution in [0.3, 0.4) is 0 Å². The lowest BCUT2D eigenvalue weighted by molar-refractivity contribution is -0.117. The fourth-order valence-electron chi connectivity index (χ4n) is 2.38. The normalized spacial score (nSPS) is 10.4. The van der Waals surface area contributed by atoms with Crippen molar-refractivity contribution in [2.75, 3.05) is 20.3 Å². The van der Waals surface area contributed by atoms with Crippen LogP contribution >= 0.6 is 0 Å². The van der Waals surface area contributed by atoms with Crippen molar-refractivity contribution >= 4 is 12.0 Å². The molecule has 0 aliphatic rings. The molecule has 0 radical (unpaired) electrons. The van der Waals surface area contributed by atoms with Crippen molar-refractivity contribution in [3.63, 3.8) is 0 Å². The molecule has 2 rings (SSSR count). The number of nitrogens with one attached hydrogen (secondary N) is 1. The van der Waals surface area contributed by atoms with Gasteiger partial charge in [-0.15, -0.1) is 0 Å². The Balaban J connectivity index is 2.05. The molecule has 0 saturated heterocycles. The topological polar surface area (TPSA) is 95.1 Å². The molecule has 0 aliphatic carbocycles. The summed E-state index contributed by atoms with van der Waals surface area (Å²) < 4.78 is 10.5. The van der Waals surface area contributed by atoms with Crippen molar-refractivity contribution in [3.05, 3.63) is 65.2 Å². The average Bonchev–Trinajstić information content (AvgIpc) is 2.71. The van der Waals surface area contributed by atoms with E-state index in [1.165, 1.54) is 13.2 Å². The maximum atomic E-state index is 12.2. The van der Waals surface area contributed by atoms with Crippen molar-refractivity contribution in [1.82, 2.24) is 5.32 Å². The Hall–Kier alpha value is -3.77. The van der Waals surface area contributed by atoms with Crippen LogP contribution in [0.4, 0.5) is 0 Å². The number of rotatable bonds is 8. The van der Waals surface area contributed by atoms with Crippen LogP contribution in [0, 0.1) is 22.7 Å². The maximum Gasteiger partial charge on any atom is 0.261 e. The summed E-state index contributed by atoms with van der Waals surface area (Å²) in [6, 6.07) is 18.5. The number of nitrogens with zero attached hydrogens (tertiary/aromatic N) is 2. The SMILES string of the molecule is COc1cc(/C=C(\C#N)C(=O)NCCc2ccccc2)ccc1OCC#N. The minimum atomic E-state index is -0.433. The van der Waals surface area contributed by atoms with E-state index >= 15 is 0 Å². The zero-order chi connectivity index (χ0) is 19.5. The Labute approximate surface area is 158 Å². The van der Waals surface area contributed by atoms with Gasteiger partial charge in [0.1, 0.15) is 17.7 Å². The number of hydrogen-bond donors (Lipinski definition) is 1. The molecule has 0 heterocycles. The third kappa shape index (κ3) is 5.91. The van der Waals surface area contributed by atoms with Crippen molar-refractivity contribution in [3.8, 4) is 23.6 Å². The predicted octanol–water partition coefficient (Wildman–Crippen LogP) is 2.86. The van der Waals surface area contributed by atoms with Crippen molar-refractivity contribution < 1.29 is 14.3 Å². The summed E-state index contributed by atoms with van der Waals surface area (Å²) in [6.45, 7) is 0.338. The fraction of sp³-hybridized carbons (Fsp3) is 0.190. The molecule has 0 aliphatic heterocycles. The van der Waals surface area contributed by atoms with E-state index in [0.717, 1.165) is 5.56 Å². The number of benzene rings is 2. The molecule has 6 heteroatoms. The molecule has 1 N–H and O–H groups in total. The number of ether oxygens (including phenoxy) is 2. The summed E-state index contributed by atoms with van der Waals surface area (Å²) in [5.74, 6) is 0.403. The summed E-state index contributed by atoms with van der Waals surface area (Å²) in [6.07, 6.45) is 2.17. The van der Waals surface area contributed by atoms with Gasteiger partial charge in [0.2, 0.25) is 0 Å². The van der Waals surface area contributed by atoms with Gasteiger partial charge in [0.15, 0.2) is 18.1 Å². The van der Waals surface area contributed by atoms with Gasteiger partial charge in [0.05, 0.1) is 7.11 Å². The molecule has 0 unspecified atom stereocenters. The van der Waals surface area contributed by atoms with Crippen LogP contribution in [0.25, 0.3) is 6.08 Å². The summed E-state index contributed by atoms with van der Waals surface area (Å²) in [5, 5.41) is 20.6. The molecule has 0 spiro atoms. The molecule has 0 fully saturated rings. The fourth-order valence-corrected chi connectivity index (χ4v) is 2.38. The first-order chi connectivity index (χ1) is 13.2. The monoisotopic (exact) mass is 361 g/mol. The van der Waals surface area contributed by atoms with Gasteiger partial charge in [-0.3, -0.25) is 4.79 Å². The highest BCUT2D eigenvalue weighted by Crippen LogP contribution is 2.28. The second kappa shape index (κ2) is 10.3. The number of hydrogen-bond acceptors (Lipinski definition) is 5. The lowest BCUT2D eigenvalue weighted by atomic mass is 10.1. The summed E-state index contributed by atoms with van der Waals surface area (Å²) in [5.41, 5.74) is 1.72. The largest absolute Gasteiger partial charge is 0.493 e. The lowest BCUT2D eigenvalue weighted by Crippen LogP contribution is -2.26. The van der Waals surface area contributed by atoms with Gasteiger partial charge in [0, 0.05) is 6.54 Å². The number of carbonyl (C=O) groups excluding carboxylic acids is 1. The lowest BCUT2D eigenvalue weighted by Gasteiger charge is -2.09. The zero-order valence-corrected chi connectivity index (χ0v) is 14.9. The third-order valence-electron chi connectivity index (χ3n) is 3.70. The Bertz CT molecular complexity index is 893. The van der Waals surface area contributed by atoms with Crippen molar-refractivity contribution in [2.24, 2.45) is 0 Å². The first kappa shape index (κ1) is 19.6. The highest BCUT2D eigenvalue weighted by Gasteiger charge is 2.10. The van der Waals surface area contributed by atoms with Gasteiger partial charge in [-0.25, -0.2) is 0 Å². The van der Waals surface area contributed by atoms with Gasteiger partial charge >= 0.3 is 0 Å². The molecule has 0 bridgehead atoms. The molecule has 0 saturated carbocycles. The van der Waals surface area contributed by atoms with Gasteiger partial charge < -0.3 is 14.8 Å². The van der Waals surface area contributed by atoms with Crippen molar-refractivity contribution in [2.45, 2.75) is 6.42 Å². The predicted molar refractivity (Wildman–Crippen MR) is 101 cm³/mol. The Morgan fingerprint density at radius 2 is 1.93 bits per heavy atom. The van der Waals surface area contributed by atoms with Gasteiger partial charge in [-0.1, -0.05) is 36.4 Å². The molecular weight excluding hydrogens is 342 g/mol. The van der Waals surface area contributed by atoms with E-state index in [4.69, 9.17) is 14.7 Å². The molecule has 136 valence electrons. The molecule has 2 aromatic carbocycles. The average molecular weight is 361 g/mol. The Morgan fingerprint density at radius 1 is 1.15 bits per heavy atom. The molecule has 6 nitrogen and oxygen atoms in total.